The third kappa shape index (κ3) is 6.90. The molecule has 1 aromatic heterocycles. The first-order valence-corrected chi connectivity index (χ1v) is 11.8. The molecule has 0 fully saturated rings. The number of nitrogens with zero attached hydrogens (tertiary/aromatic N) is 4. The van der Waals surface area contributed by atoms with Gasteiger partial charge < -0.3 is 19.9 Å². The lowest BCUT2D eigenvalue weighted by atomic mass is 10.2. The zero-order valence-corrected chi connectivity index (χ0v) is 20.3. The lowest BCUT2D eigenvalue weighted by Crippen LogP contribution is -2.38. The molecule has 0 aliphatic carbocycles. The number of hydrogen-bond acceptors (Lipinski definition) is 5. The molecule has 1 aliphatic rings. The minimum Gasteiger partial charge on any atom is -0.383 e. The fourth-order valence-electron chi connectivity index (χ4n) is 3.81. The Hall–Kier alpha value is -3.20. The summed E-state index contributed by atoms with van der Waals surface area (Å²) in [7, 11) is 1.57. The van der Waals surface area contributed by atoms with Crippen molar-refractivity contribution in [3.8, 4) is 0 Å². The number of ether oxygens (including phenoxy) is 1. The van der Waals surface area contributed by atoms with E-state index in [1.165, 1.54) is 0 Å². The van der Waals surface area contributed by atoms with Crippen LogP contribution in [0.15, 0.2) is 36.4 Å². The van der Waals surface area contributed by atoms with Crippen LogP contribution in [0.25, 0.3) is 0 Å². The lowest BCUT2D eigenvalue weighted by molar-refractivity contribution is -0.121. The largest absolute Gasteiger partial charge is 0.383 e. The summed E-state index contributed by atoms with van der Waals surface area (Å²) < 4.78 is 6.78. The summed E-state index contributed by atoms with van der Waals surface area (Å²) >= 11 is 0. The van der Waals surface area contributed by atoms with Gasteiger partial charge in [-0.3, -0.25) is 19.1 Å². The van der Waals surface area contributed by atoms with Gasteiger partial charge in [0.25, 0.3) is 11.8 Å². The average molecular weight is 470 g/mol. The van der Waals surface area contributed by atoms with Crippen LogP contribution in [0.4, 0.5) is 0 Å². The Labute approximate surface area is 201 Å². The van der Waals surface area contributed by atoms with Crippen molar-refractivity contribution in [2.24, 2.45) is 5.92 Å². The number of nitrogens with one attached hydrogen (secondary N) is 1. The van der Waals surface area contributed by atoms with E-state index in [0.717, 1.165) is 12.0 Å². The molecule has 0 saturated heterocycles. The molecule has 9 heteroatoms. The summed E-state index contributed by atoms with van der Waals surface area (Å²) in [6.45, 7) is 7.29. The number of amides is 3. The van der Waals surface area contributed by atoms with Gasteiger partial charge >= 0.3 is 0 Å². The van der Waals surface area contributed by atoms with E-state index >= 15 is 0 Å². The number of fused-ring (bicyclic) bond motifs is 1. The van der Waals surface area contributed by atoms with Crippen LogP contribution in [0, 0.1) is 5.92 Å². The van der Waals surface area contributed by atoms with Gasteiger partial charge in [0.05, 0.1) is 6.61 Å². The molecule has 0 unspecified atom stereocenters. The van der Waals surface area contributed by atoms with E-state index < -0.39 is 0 Å². The van der Waals surface area contributed by atoms with Crippen molar-refractivity contribution in [1.82, 2.24) is 24.9 Å². The maximum atomic E-state index is 13.3. The fourth-order valence-corrected chi connectivity index (χ4v) is 3.81. The molecule has 3 rings (SSSR count). The van der Waals surface area contributed by atoms with Gasteiger partial charge in [-0.1, -0.05) is 44.2 Å². The Kier molecular flexibility index (Phi) is 9.21. The molecule has 9 nitrogen and oxygen atoms in total. The fraction of sp³-hybridized carbons (Fsp3) is 0.520. The zero-order chi connectivity index (χ0) is 24.5. The van der Waals surface area contributed by atoms with E-state index in [1.54, 1.807) is 27.7 Å². The molecule has 1 aromatic carbocycles. The topological polar surface area (TPSA) is 96.8 Å². The van der Waals surface area contributed by atoms with Gasteiger partial charge in [0.15, 0.2) is 5.69 Å². The highest BCUT2D eigenvalue weighted by Gasteiger charge is 2.28. The molecule has 0 spiro atoms. The van der Waals surface area contributed by atoms with Crippen LogP contribution < -0.4 is 5.32 Å². The van der Waals surface area contributed by atoms with Crippen LogP contribution in [-0.4, -0.2) is 77.2 Å². The van der Waals surface area contributed by atoms with E-state index in [1.807, 2.05) is 44.2 Å². The highest BCUT2D eigenvalue weighted by molar-refractivity contribution is 5.98. The SMILES string of the molecule is COCCN(CCC(=O)NCC(C)C)C(=O)c1cc2n(n1)CCCN(Cc1ccccc1)C2=O. The van der Waals surface area contributed by atoms with Crippen LogP contribution in [-0.2, 0) is 22.6 Å². The summed E-state index contributed by atoms with van der Waals surface area (Å²) in [4.78, 5) is 42.0. The molecule has 1 N–H and O–H groups in total. The summed E-state index contributed by atoms with van der Waals surface area (Å²) in [5.74, 6) is -0.188. The Morgan fingerprint density at radius 3 is 2.65 bits per heavy atom. The number of methoxy groups -OCH3 is 1. The minimum absolute atomic E-state index is 0.101. The maximum Gasteiger partial charge on any atom is 0.274 e. The number of rotatable bonds is 11. The predicted molar refractivity (Wildman–Crippen MR) is 128 cm³/mol. The predicted octanol–water partition coefficient (Wildman–Crippen LogP) is 2.18. The maximum absolute atomic E-state index is 13.3. The summed E-state index contributed by atoms with van der Waals surface area (Å²) in [6, 6.07) is 11.4. The van der Waals surface area contributed by atoms with Gasteiger partial charge in [-0.15, -0.1) is 0 Å². The van der Waals surface area contributed by atoms with Crippen molar-refractivity contribution in [1.29, 1.82) is 0 Å². The van der Waals surface area contributed by atoms with Gasteiger partial charge in [-0.25, -0.2) is 0 Å². The van der Waals surface area contributed by atoms with Crippen LogP contribution in [0.1, 0.15) is 53.2 Å². The van der Waals surface area contributed by atoms with Crippen molar-refractivity contribution in [2.75, 3.05) is 39.9 Å². The van der Waals surface area contributed by atoms with Crippen LogP contribution in [0.2, 0.25) is 0 Å². The Bertz CT molecular complexity index is 973. The van der Waals surface area contributed by atoms with E-state index in [9.17, 15) is 14.4 Å². The molecule has 2 heterocycles. The molecule has 0 radical (unpaired) electrons. The van der Waals surface area contributed by atoms with Crippen molar-refractivity contribution in [3.05, 3.63) is 53.3 Å². The molecule has 1 aliphatic heterocycles. The summed E-state index contributed by atoms with van der Waals surface area (Å²) in [5.41, 5.74) is 1.68. The van der Waals surface area contributed by atoms with Crippen molar-refractivity contribution >= 4 is 17.7 Å². The van der Waals surface area contributed by atoms with Gasteiger partial charge in [-0.05, 0) is 17.9 Å². The second-order valence-corrected chi connectivity index (χ2v) is 8.94. The highest BCUT2D eigenvalue weighted by Crippen LogP contribution is 2.17. The lowest BCUT2D eigenvalue weighted by Gasteiger charge is -2.21. The number of carbonyl (C=O) groups is 3. The Morgan fingerprint density at radius 1 is 1.18 bits per heavy atom. The normalized spacial score (nSPS) is 13.5. The van der Waals surface area contributed by atoms with E-state index in [0.29, 0.717) is 50.9 Å². The van der Waals surface area contributed by atoms with Crippen molar-refractivity contribution in [3.63, 3.8) is 0 Å². The van der Waals surface area contributed by atoms with Crippen LogP contribution in [0.5, 0.6) is 0 Å². The molecular weight excluding hydrogens is 434 g/mol. The van der Waals surface area contributed by atoms with Crippen molar-refractivity contribution in [2.45, 2.75) is 39.8 Å². The number of benzene rings is 1. The number of aromatic nitrogens is 2. The Morgan fingerprint density at radius 2 is 1.94 bits per heavy atom. The van der Waals surface area contributed by atoms with Gasteiger partial charge in [0.2, 0.25) is 5.91 Å². The van der Waals surface area contributed by atoms with Gasteiger partial charge in [-0.2, -0.15) is 5.10 Å². The molecular formula is C25H35N5O4. The monoisotopic (exact) mass is 469 g/mol. The number of carbonyl (C=O) groups excluding carboxylic acids is 3. The standard InChI is InChI=1S/C25H35N5O4/c1-19(2)17-26-23(31)10-13-28(14-15-34-3)24(32)21-16-22-25(33)29(11-7-12-30(22)27-21)18-20-8-5-4-6-9-20/h4-6,8-9,16,19H,7,10-15,17-18H2,1-3H3,(H,26,31). The first-order valence-electron chi connectivity index (χ1n) is 11.8. The Balaban J connectivity index is 1.71. The molecule has 0 atom stereocenters. The summed E-state index contributed by atoms with van der Waals surface area (Å²) in [5, 5.41) is 7.33. The van der Waals surface area contributed by atoms with Crippen LogP contribution >= 0.6 is 0 Å². The smallest absolute Gasteiger partial charge is 0.274 e. The third-order valence-corrected chi connectivity index (χ3v) is 5.69. The van der Waals surface area contributed by atoms with E-state index in [-0.39, 0.29) is 36.4 Å². The second kappa shape index (κ2) is 12.3. The zero-order valence-electron chi connectivity index (χ0n) is 20.3. The number of aryl methyl sites for hydroxylation is 1. The molecule has 184 valence electrons. The first kappa shape index (κ1) is 25.4. The summed E-state index contributed by atoms with van der Waals surface area (Å²) in [6.07, 6.45) is 0.948. The van der Waals surface area contributed by atoms with Gasteiger partial charge in [0, 0.05) is 58.9 Å². The number of hydrogen-bond donors (Lipinski definition) is 1. The minimum atomic E-state index is -0.309. The molecule has 0 bridgehead atoms. The van der Waals surface area contributed by atoms with E-state index in [4.69, 9.17) is 4.74 Å². The van der Waals surface area contributed by atoms with Crippen LogP contribution in [0.3, 0.4) is 0 Å². The molecule has 3 amide bonds. The first-order chi connectivity index (χ1) is 16.4. The van der Waals surface area contributed by atoms with E-state index in [2.05, 4.69) is 10.4 Å². The second-order valence-electron chi connectivity index (χ2n) is 8.94. The average Bonchev–Trinajstić information content (AvgIpc) is 3.20. The molecule has 2 aromatic rings. The quantitative estimate of drug-likeness (QED) is 0.544. The highest BCUT2D eigenvalue weighted by atomic mass is 16.5. The third-order valence-electron chi connectivity index (χ3n) is 5.69. The van der Waals surface area contributed by atoms with Gasteiger partial charge in [0.1, 0.15) is 5.69 Å². The molecule has 34 heavy (non-hydrogen) atoms. The molecule has 0 saturated carbocycles. The van der Waals surface area contributed by atoms with Crippen molar-refractivity contribution < 1.29 is 19.1 Å².